The lowest BCUT2D eigenvalue weighted by molar-refractivity contribution is -0.0626. The number of allylic oxidation sites excluding steroid dienone is 3. The van der Waals surface area contributed by atoms with Crippen molar-refractivity contribution in [2.24, 2.45) is 71.0 Å². The van der Waals surface area contributed by atoms with Crippen LogP contribution in [0.15, 0.2) is 36.5 Å². The lowest BCUT2D eigenvalue weighted by Gasteiger charge is -2.50. The number of hydrogen-bond donors (Lipinski definition) is 4. The molecule has 0 spiro atoms. The van der Waals surface area contributed by atoms with E-state index in [4.69, 9.17) is 9.47 Å². The second kappa shape index (κ2) is 17.6. The molecular formula is C52H82N4O2. The van der Waals surface area contributed by atoms with Crippen molar-refractivity contribution in [1.29, 1.82) is 0 Å². The average molecular weight is 795 g/mol. The normalized spacial score (nSPS) is 52.1. The number of fused-ring (bicyclic) bond motifs is 6. The molecule has 0 amide bonds. The van der Waals surface area contributed by atoms with E-state index < -0.39 is 0 Å². The van der Waals surface area contributed by atoms with Crippen molar-refractivity contribution in [2.75, 3.05) is 0 Å². The minimum Gasteiger partial charge on any atom is -0.374 e. The highest BCUT2D eigenvalue weighted by Gasteiger charge is 2.55. The van der Waals surface area contributed by atoms with Crippen LogP contribution in [0.2, 0.25) is 0 Å². The summed E-state index contributed by atoms with van der Waals surface area (Å²) in [6, 6.07) is 1.49. The molecule has 58 heavy (non-hydrogen) atoms. The third-order valence-electron chi connectivity index (χ3n) is 19.5. The molecule has 0 bridgehead atoms. The molecule has 3 saturated heterocycles. The Morgan fingerprint density at radius 1 is 0.483 bits per heavy atom. The Morgan fingerprint density at radius 3 is 2.14 bits per heavy atom. The van der Waals surface area contributed by atoms with Gasteiger partial charge in [-0.05, 0) is 175 Å². The van der Waals surface area contributed by atoms with E-state index in [9.17, 15) is 0 Å². The van der Waals surface area contributed by atoms with Gasteiger partial charge in [-0.1, -0.05) is 75.5 Å². The zero-order valence-electron chi connectivity index (χ0n) is 36.4. The van der Waals surface area contributed by atoms with Gasteiger partial charge in [-0.3, -0.25) is 16.0 Å². The monoisotopic (exact) mass is 795 g/mol. The summed E-state index contributed by atoms with van der Waals surface area (Å²) in [6.45, 7) is 2.58. The fourth-order valence-corrected chi connectivity index (χ4v) is 16.4. The van der Waals surface area contributed by atoms with Crippen LogP contribution < -0.4 is 21.3 Å². The third-order valence-corrected chi connectivity index (χ3v) is 19.5. The first kappa shape index (κ1) is 39.8. The first-order valence-corrected chi connectivity index (χ1v) is 26.0. The van der Waals surface area contributed by atoms with Crippen molar-refractivity contribution < 1.29 is 9.47 Å². The van der Waals surface area contributed by atoms with E-state index in [0.717, 1.165) is 59.9 Å². The molecule has 6 heteroatoms. The molecule has 11 rings (SSSR count). The predicted octanol–water partition coefficient (Wildman–Crippen LogP) is 10.2. The maximum Gasteiger partial charge on any atom is 0.0794 e. The fraction of sp³-hybridized carbons (Fsp3) is 0.885. The average Bonchev–Trinajstić information content (AvgIpc) is 3.85. The molecule has 18 atom stereocenters. The SMILES string of the molecule is CC1CCCC(C2CCC3C(C2)OC2C(C4NC(C5C=CC6C(C5)OC5C=CCCC56)NC(C5CCC(C6C=CCCC6)CC5)N4)CCCC32)C1NC1CCCCC1. The standard InChI is InChI=1S/C52H82N4O2/c1-32-12-10-18-39(48(32)53-38-15-6-3-7-16-38)36-26-28-42-43-19-11-20-44(49(43)58-47(42)30-36)52-55-50(35-24-22-34(23-25-35)33-13-4-2-5-14-33)54-51(56-52)37-27-29-41-40-17-8-9-21-45(40)57-46(41)31-37/h4,9,13,21,27,29,32-56H,2-3,5-8,10-12,14-20,22-26,28,30-31H2,1H3. The first-order chi connectivity index (χ1) is 28.6. The summed E-state index contributed by atoms with van der Waals surface area (Å²) in [4.78, 5) is 0. The third kappa shape index (κ3) is 7.95. The molecule has 6 nitrogen and oxygen atoms in total. The molecule has 18 unspecified atom stereocenters. The van der Waals surface area contributed by atoms with Crippen LogP contribution in [0.3, 0.4) is 0 Å². The van der Waals surface area contributed by atoms with E-state index in [2.05, 4.69) is 64.6 Å². The van der Waals surface area contributed by atoms with Crippen molar-refractivity contribution in [3.05, 3.63) is 36.5 Å². The van der Waals surface area contributed by atoms with Crippen molar-refractivity contribution >= 4 is 0 Å². The fourth-order valence-electron chi connectivity index (χ4n) is 16.4. The molecule has 0 aromatic carbocycles. The van der Waals surface area contributed by atoms with Crippen LogP contribution in [0.4, 0.5) is 0 Å². The van der Waals surface area contributed by atoms with Gasteiger partial charge in [0.1, 0.15) is 0 Å². The summed E-state index contributed by atoms with van der Waals surface area (Å²) in [5, 5.41) is 17.3. The molecule has 0 radical (unpaired) electrons. The Kier molecular flexibility index (Phi) is 12.1. The molecule has 0 aromatic heterocycles. The molecule has 3 aliphatic heterocycles. The molecule has 11 aliphatic rings. The van der Waals surface area contributed by atoms with Crippen LogP contribution in [0.5, 0.6) is 0 Å². The van der Waals surface area contributed by atoms with E-state index >= 15 is 0 Å². The summed E-state index contributed by atoms with van der Waals surface area (Å²) in [6.07, 6.45) is 50.5. The predicted molar refractivity (Wildman–Crippen MR) is 235 cm³/mol. The van der Waals surface area contributed by atoms with E-state index in [1.807, 2.05) is 0 Å². The summed E-state index contributed by atoms with van der Waals surface area (Å²) in [5.74, 6) is 8.74. The van der Waals surface area contributed by atoms with Crippen LogP contribution in [0, 0.1) is 71.0 Å². The topological polar surface area (TPSA) is 66.6 Å². The molecular weight excluding hydrogens is 713 g/mol. The Labute approximate surface area is 353 Å². The number of ether oxygens (including phenoxy) is 2. The van der Waals surface area contributed by atoms with Crippen molar-refractivity contribution in [3.63, 3.8) is 0 Å². The summed E-state index contributed by atoms with van der Waals surface area (Å²) < 4.78 is 14.4. The molecule has 8 aliphatic carbocycles. The number of hydrogen-bond acceptors (Lipinski definition) is 6. The van der Waals surface area contributed by atoms with Crippen molar-refractivity contribution in [1.82, 2.24) is 21.3 Å². The van der Waals surface area contributed by atoms with E-state index in [1.54, 1.807) is 0 Å². The van der Waals surface area contributed by atoms with Gasteiger partial charge >= 0.3 is 0 Å². The second-order valence-electron chi connectivity index (χ2n) is 22.5. The highest BCUT2D eigenvalue weighted by molar-refractivity contribution is 5.16. The summed E-state index contributed by atoms with van der Waals surface area (Å²) >= 11 is 0. The quantitative estimate of drug-likeness (QED) is 0.193. The zero-order valence-corrected chi connectivity index (χ0v) is 36.4. The number of nitrogens with one attached hydrogen (secondary N) is 4. The van der Waals surface area contributed by atoms with E-state index in [-0.39, 0.29) is 6.17 Å². The smallest absolute Gasteiger partial charge is 0.0794 e. The molecule has 0 aromatic rings. The van der Waals surface area contributed by atoms with Crippen molar-refractivity contribution in [2.45, 2.75) is 216 Å². The van der Waals surface area contributed by atoms with Gasteiger partial charge in [-0.25, -0.2) is 0 Å². The second-order valence-corrected chi connectivity index (χ2v) is 22.5. The minimum atomic E-state index is 0.282. The molecule has 322 valence electrons. The van der Waals surface area contributed by atoms with Crippen LogP contribution in [0.25, 0.3) is 0 Å². The molecule has 3 heterocycles. The molecule has 8 fully saturated rings. The summed E-state index contributed by atoms with van der Waals surface area (Å²) in [5.41, 5.74) is 0. The Bertz CT molecular complexity index is 1470. The Balaban J connectivity index is 0.794. The van der Waals surface area contributed by atoms with Crippen LogP contribution >= 0.6 is 0 Å². The van der Waals surface area contributed by atoms with Gasteiger partial charge < -0.3 is 14.8 Å². The van der Waals surface area contributed by atoms with Crippen LogP contribution in [-0.2, 0) is 9.47 Å². The maximum absolute atomic E-state index is 7.55. The van der Waals surface area contributed by atoms with Gasteiger partial charge in [0.2, 0.25) is 0 Å². The van der Waals surface area contributed by atoms with Gasteiger partial charge in [-0.15, -0.1) is 0 Å². The highest BCUT2D eigenvalue weighted by Crippen LogP contribution is 2.54. The van der Waals surface area contributed by atoms with Gasteiger partial charge in [0.15, 0.2) is 0 Å². The number of rotatable bonds is 7. The zero-order chi connectivity index (χ0) is 38.6. The maximum atomic E-state index is 7.55. The van der Waals surface area contributed by atoms with E-state index in [1.165, 1.54) is 148 Å². The van der Waals surface area contributed by atoms with Gasteiger partial charge in [0.25, 0.3) is 0 Å². The van der Waals surface area contributed by atoms with Crippen molar-refractivity contribution in [3.8, 4) is 0 Å². The minimum absolute atomic E-state index is 0.282. The molecule has 5 saturated carbocycles. The highest BCUT2D eigenvalue weighted by atomic mass is 16.5. The Morgan fingerprint density at radius 2 is 1.26 bits per heavy atom. The lowest BCUT2D eigenvalue weighted by Crippen LogP contribution is -2.73. The van der Waals surface area contributed by atoms with E-state index in [0.29, 0.717) is 66.3 Å². The molecule has 4 N–H and O–H groups in total. The lowest BCUT2D eigenvalue weighted by atomic mass is 9.63. The van der Waals surface area contributed by atoms with Gasteiger partial charge in [-0.2, -0.15) is 0 Å². The van der Waals surface area contributed by atoms with Gasteiger partial charge in [0, 0.05) is 29.8 Å². The van der Waals surface area contributed by atoms with Crippen LogP contribution in [-0.4, -0.2) is 55.0 Å². The van der Waals surface area contributed by atoms with Gasteiger partial charge in [0.05, 0.1) is 42.9 Å². The largest absolute Gasteiger partial charge is 0.374 e. The first-order valence-electron chi connectivity index (χ1n) is 26.0. The summed E-state index contributed by atoms with van der Waals surface area (Å²) in [7, 11) is 0. The Hall–Kier alpha value is -1.02. The van der Waals surface area contributed by atoms with Crippen LogP contribution in [0.1, 0.15) is 161 Å².